The fourth-order valence-corrected chi connectivity index (χ4v) is 2.53. The fourth-order valence-electron chi connectivity index (χ4n) is 2.27. The van der Waals surface area contributed by atoms with Crippen LogP contribution in [0.1, 0.15) is 36.7 Å². The molecule has 0 aliphatic rings. The summed E-state index contributed by atoms with van der Waals surface area (Å²) in [6, 6.07) is 10.3. The number of nitrogens with zero attached hydrogens (tertiary/aromatic N) is 1. The minimum Gasteiger partial charge on any atom is -0.497 e. The van der Waals surface area contributed by atoms with Gasteiger partial charge >= 0.3 is 0 Å². The zero-order chi connectivity index (χ0) is 19.8. The molecule has 0 saturated carbocycles. The molecule has 7 heteroatoms. The minimum atomic E-state index is -0.346. The van der Waals surface area contributed by atoms with Crippen molar-refractivity contribution in [2.24, 2.45) is 5.10 Å². The van der Waals surface area contributed by atoms with Gasteiger partial charge in [0.25, 0.3) is 5.91 Å². The summed E-state index contributed by atoms with van der Waals surface area (Å²) in [6.07, 6.45) is 1.45. The van der Waals surface area contributed by atoms with Crippen LogP contribution in [0.15, 0.2) is 41.5 Å². The Bertz CT molecular complexity index is 822. The van der Waals surface area contributed by atoms with Gasteiger partial charge in [0.05, 0.1) is 31.1 Å². The Balaban J connectivity index is 2.14. The zero-order valence-electron chi connectivity index (χ0n) is 15.8. The van der Waals surface area contributed by atoms with Gasteiger partial charge in [-0.05, 0) is 56.7 Å². The number of hydrazone groups is 1. The third-order valence-corrected chi connectivity index (χ3v) is 3.68. The van der Waals surface area contributed by atoms with Crippen molar-refractivity contribution in [3.8, 4) is 17.2 Å². The first-order chi connectivity index (χ1) is 12.9. The van der Waals surface area contributed by atoms with E-state index in [2.05, 4.69) is 10.5 Å². The third-order valence-electron chi connectivity index (χ3n) is 3.40. The summed E-state index contributed by atoms with van der Waals surface area (Å²) in [5.41, 5.74) is 3.59. The van der Waals surface area contributed by atoms with E-state index < -0.39 is 0 Å². The second kappa shape index (κ2) is 9.83. The zero-order valence-corrected chi connectivity index (χ0v) is 16.5. The lowest BCUT2D eigenvalue weighted by Crippen LogP contribution is -2.17. The average molecular weight is 391 g/mol. The second-order valence-corrected chi connectivity index (χ2v) is 6.27. The number of halogens is 1. The van der Waals surface area contributed by atoms with E-state index in [-0.39, 0.29) is 12.0 Å². The molecule has 0 heterocycles. The third kappa shape index (κ3) is 5.89. The maximum atomic E-state index is 12.2. The molecule has 144 valence electrons. The van der Waals surface area contributed by atoms with Crippen molar-refractivity contribution < 1.29 is 19.0 Å². The Hall–Kier alpha value is -2.73. The number of nitrogens with one attached hydrogen (secondary N) is 1. The van der Waals surface area contributed by atoms with Crippen molar-refractivity contribution in [2.45, 2.75) is 26.9 Å². The van der Waals surface area contributed by atoms with Crippen LogP contribution >= 0.6 is 11.6 Å². The van der Waals surface area contributed by atoms with Crippen LogP contribution in [0.5, 0.6) is 17.2 Å². The van der Waals surface area contributed by atoms with Gasteiger partial charge in [0.2, 0.25) is 0 Å². The first-order valence-electron chi connectivity index (χ1n) is 8.55. The highest BCUT2D eigenvalue weighted by Crippen LogP contribution is 2.37. The summed E-state index contributed by atoms with van der Waals surface area (Å²) >= 11 is 6.32. The number of rotatable bonds is 8. The van der Waals surface area contributed by atoms with E-state index in [0.717, 1.165) is 0 Å². The fraction of sp³-hybridized carbons (Fsp3) is 0.300. The van der Waals surface area contributed by atoms with Gasteiger partial charge in [0, 0.05) is 5.56 Å². The molecule has 0 aliphatic carbocycles. The Morgan fingerprint density at radius 2 is 2.07 bits per heavy atom. The Morgan fingerprint density at radius 1 is 1.30 bits per heavy atom. The van der Waals surface area contributed by atoms with Crippen LogP contribution in [0, 0.1) is 0 Å². The molecule has 0 fully saturated rings. The van der Waals surface area contributed by atoms with E-state index in [9.17, 15) is 4.79 Å². The molecule has 0 spiro atoms. The summed E-state index contributed by atoms with van der Waals surface area (Å²) in [5, 5.41) is 4.40. The largest absolute Gasteiger partial charge is 0.497 e. The van der Waals surface area contributed by atoms with Gasteiger partial charge in [-0.2, -0.15) is 5.10 Å². The number of benzene rings is 2. The van der Waals surface area contributed by atoms with Crippen LogP contribution < -0.4 is 19.6 Å². The van der Waals surface area contributed by atoms with E-state index in [4.69, 9.17) is 25.8 Å². The van der Waals surface area contributed by atoms with Crippen LogP contribution in [-0.2, 0) is 0 Å². The van der Waals surface area contributed by atoms with Crippen molar-refractivity contribution in [3.63, 3.8) is 0 Å². The lowest BCUT2D eigenvalue weighted by atomic mass is 10.2. The molecular formula is C20H23ClN2O4. The summed E-state index contributed by atoms with van der Waals surface area (Å²) in [6.45, 7) is 6.17. The smallest absolute Gasteiger partial charge is 0.271 e. The summed E-state index contributed by atoms with van der Waals surface area (Å²) in [7, 11) is 1.54. The van der Waals surface area contributed by atoms with E-state index in [0.29, 0.717) is 40.0 Å². The number of hydrogen-bond acceptors (Lipinski definition) is 5. The SMILES string of the molecule is CCOc1cc(/C=N/NC(=O)c2cccc(OC)c2)cc(Cl)c1OC(C)C. The second-order valence-electron chi connectivity index (χ2n) is 5.86. The van der Waals surface area contributed by atoms with E-state index in [1.54, 1.807) is 43.5 Å². The molecule has 0 saturated heterocycles. The van der Waals surface area contributed by atoms with Crippen LogP contribution in [0.25, 0.3) is 0 Å². The molecule has 2 rings (SSSR count). The summed E-state index contributed by atoms with van der Waals surface area (Å²) < 4.78 is 16.4. The molecule has 2 aromatic rings. The monoisotopic (exact) mass is 390 g/mol. The topological polar surface area (TPSA) is 69.2 Å². The Kier molecular flexibility index (Phi) is 7.49. The first kappa shape index (κ1) is 20.6. The van der Waals surface area contributed by atoms with Gasteiger partial charge in [0.1, 0.15) is 5.75 Å². The molecule has 27 heavy (non-hydrogen) atoms. The van der Waals surface area contributed by atoms with E-state index in [1.807, 2.05) is 20.8 Å². The maximum Gasteiger partial charge on any atom is 0.271 e. The number of ether oxygens (including phenoxy) is 3. The van der Waals surface area contributed by atoms with Crippen LogP contribution in [0.4, 0.5) is 0 Å². The molecule has 0 radical (unpaired) electrons. The molecule has 0 bridgehead atoms. The molecule has 6 nitrogen and oxygen atoms in total. The highest BCUT2D eigenvalue weighted by molar-refractivity contribution is 6.32. The number of hydrogen-bond donors (Lipinski definition) is 1. The minimum absolute atomic E-state index is 0.0385. The number of carbonyl (C=O) groups is 1. The molecule has 1 N–H and O–H groups in total. The van der Waals surface area contributed by atoms with Gasteiger partial charge in [-0.3, -0.25) is 4.79 Å². The van der Waals surface area contributed by atoms with Crippen LogP contribution in [0.2, 0.25) is 5.02 Å². The highest BCUT2D eigenvalue weighted by atomic mass is 35.5. The quantitative estimate of drug-likeness (QED) is 0.539. The Morgan fingerprint density at radius 3 is 2.74 bits per heavy atom. The normalized spacial score (nSPS) is 10.9. The molecule has 1 amide bonds. The predicted molar refractivity (Wildman–Crippen MR) is 106 cm³/mol. The molecule has 0 aromatic heterocycles. The van der Waals surface area contributed by atoms with Gasteiger partial charge in [-0.15, -0.1) is 0 Å². The molecule has 2 aromatic carbocycles. The standard InChI is InChI=1S/C20H23ClN2O4/c1-5-26-18-10-14(9-17(21)19(18)27-13(2)3)12-22-23-20(24)15-7-6-8-16(11-15)25-4/h6-13H,5H2,1-4H3,(H,23,24)/b22-12+. The number of methoxy groups -OCH3 is 1. The van der Waals surface area contributed by atoms with Crippen molar-refractivity contribution in [1.29, 1.82) is 0 Å². The van der Waals surface area contributed by atoms with Gasteiger partial charge in [-0.1, -0.05) is 17.7 Å². The van der Waals surface area contributed by atoms with Crippen molar-refractivity contribution in [2.75, 3.05) is 13.7 Å². The highest BCUT2D eigenvalue weighted by Gasteiger charge is 2.13. The maximum absolute atomic E-state index is 12.2. The molecule has 0 aliphatic heterocycles. The van der Waals surface area contributed by atoms with E-state index >= 15 is 0 Å². The van der Waals surface area contributed by atoms with Gasteiger partial charge in [0.15, 0.2) is 11.5 Å². The van der Waals surface area contributed by atoms with Crippen LogP contribution in [0.3, 0.4) is 0 Å². The summed E-state index contributed by atoms with van der Waals surface area (Å²) in [4.78, 5) is 12.2. The number of amides is 1. The Labute approximate surface area is 164 Å². The van der Waals surface area contributed by atoms with Gasteiger partial charge < -0.3 is 14.2 Å². The first-order valence-corrected chi connectivity index (χ1v) is 8.92. The lowest BCUT2D eigenvalue weighted by molar-refractivity contribution is 0.0955. The van der Waals surface area contributed by atoms with Crippen molar-refractivity contribution in [3.05, 3.63) is 52.5 Å². The van der Waals surface area contributed by atoms with Gasteiger partial charge in [-0.25, -0.2) is 5.43 Å². The lowest BCUT2D eigenvalue weighted by Gasteiger charge is -2.16. The molecular weight excluding hydrogens is 368 g/mol. The average Bonchev–Trinajstić information content (AvgIpc) is 2.64. The molecule has 0 atom stereocenters. The summed E-state index contributed by atoms with van der Waals surface area (Å²) in [5.74, 6) is 1.27. The van der Waals surface area contributed by atoms with Crippen molar-refractivity contribution >= 4 is 23.7 Å². The predicted octanol–water partition coefficient (Wildman–Crippen LogP) is 4.30. The van der Waals surface area contributed by atoms with E-state index in [1.165, 1.54) is 6.21 Å². The number of carbonyl (C=O) groups excluding carboxylic acids is 1. The molecule has 0 unspecified atom stereocenters. The van der Waals surface area contributed by atoms with Crippen molar-refractivity contribution in [1.82, 2.24) is 5.43 Å². The van der Waals surface area contributed by atoms with Crippen LogP contribution in [-0.4, -0.2) is 31.9 Å².